The summed E-state index contributed by atoms with van der Waals surface area (Å²) in [7, 11) is 1.18. The number of ether oxygens (including phenoxy) is 2. The van der Waals surface area contributed by atoms with Crippen LogP contribution in [0, 0.1) is 17.0 Å². The van der Waals surface area contributed by atoms with Gasteiger partial charge in [-0.25, -0.2) is 9.78 Å². The molecular formula is C20H17BrN4O6. The lowest BCUT2D eigenvalue weighted by atomic mass is 10.2. The second-order valence-electron chi connectivity index (χ2n) is 6.42. The van der Waals surface area contributed by atoms with Gasteiger partial charge in [-0.1, -0.05) is 22.0 Å². The van der Waals surface area contributed by atoms with Crippen LogP contribution in [-0.4, -0.2) is 40.0 Å². The van der Waals surface area contributed by atoms with Crippen molar-refractivity contribution in [2.75, 3.05) is 7.11 Å². The summed E-state index contributed by atoms with van der Waals surface area (Å²) in [6, 6.07) is 9.32. The first-order valence-electron chi connectivity index (χ1n) is 8.98. The maximum absolute atomic E-state index is 12.9. The van der Waals surface area contributed by atoms with Crippen LogP contribution in [0.4, 0.5) is 5.69 Å². The summed E-state index contributed by atoms with van der Waals surface area (Å²) in [6.07, 6.45) is 0.147. The number of aryl methyl sites for hydroxylation is 1. The Morgan fingerprint density at radius 3 is 2.77 bits per heavy atom. The predicted octanol–water partition coefficient (Wildman–Crippen LogP) is 3.20. The van der Waals surface area contributed by atoms with E-state index >= 15 is 0 Å². The van der Waals surface area contributed by atoms with Crippen LogP contribution in [0.3, 0.4) is 0 Å². The number of methoxy groups -OCH3 is 1. The van der Waals surface area contributed by atoms with E-state index in [0.29, 0.717) is 21.2 Å². The van der Waals surface area contributed by atoms with Crippen molar-refractivity contribution in [2.24, 2.45) is 5.10 Å². The van der Waals surface area contributed by atoms with Gasteiger partial charge in [0.05, 0.1) is 29.2 Å². The molecule has 1 atom stereocenters. The predicted molar refractivity (Wildman–Crippen MR) is 117 cm³/mol. The molecule has 1 aromatic heterocycles. The minimum atomic E-state index is -1.10. The summed E-state index contributed by atoms with van der Waals surface area (Å²) >= 11 is 3.32. The molecule has 10 nitrogen and oxygen atoms in total. The van der Waals surface area contributed by atoms with Crippen molar-refractivity contribution in [3.8, 4) is 5.75 Å². The van der Waals surface area contributed by atoms with Crippen molar-refractivity contribution in [3.63, 3.8) is 0 Å². The third kappa shape index (κ3) is 4.61. The maximum Gasteiger partial charge on any atom is 0.346 e. The molecule has 0 saturated heterocycles. The van der Waals surface area contributed by atoms with Crippen LogP contribution >= 0.6 is 15.9 Å². The lowest BCUT2D eigenvalue weighted by Gasteiger charge is -2.14. The number of nitrogens with zero attached hydrogens (tertiary/aromatic N) is 4. The highest BCUT2D eigenvalue weighted by molar-refractivity contribution is 9.10. The van der Waals surface area contributed by atoms with Gasteiger partial charge < -0.3 is 9.47 Å². The van der Waals surface area contributed by atoms with Crippen LogP contribution in [-0.2, 0) is 9.53 Å². The molecule has 0 aliphatic rings. The van der Waals surface area contributed by atoms with E-state index in [4.69, 9.17) is 4.74 Å². The number of nitro groups is 1. The number of rotatable bonds is 6. The summed E-state index contributed by atoms with van der Waals surface area (Å²) < 4.78 is 11.9. The molecule has 3 aromatic rings. The van der Waals surface area contributed by atoms with Crippen molar-refractivity contribution in [1.29, 1.82) is 0 Å². The smallest absolute Gasteiger partial charge is 0.346 e. The summed E-state index contributed by atoms with van der Waals surface area (Å²) in [6.45, 7) is 3.02. The van der Waals surface area contributed by atoms with Crippen LogP contribution in [0.25, 0.3) is 10.9 Å². The molecule has 0 radical (unpaired) electrons. The number of hydrogen-bond donors (Lipinski definition) is 0. The zero-order valence-corrected chi connectivity index (χ0v) is 18.3. The van der Waals surface area contributed by atoms with Crippen LogP contribution in [0.1, 0.15) is 18.3 Å². The molecule has 0 unspecified atom stereocenters. The lowest BCUT2D eigenvalue weighted by molar-refractivity contribution is -0.386. The fourth-order valence-corrected chi connectivity index (χ4v) is 3.18. The lowest BCUT2D eigenvalue weighted by Crippen LogP contribution is -2.26. The SMILES string of the molecule is COC(=O)[C@@H](C)Oc1c(C=Nn2c(C)nc3ccc(Br)cc3c2=O)cccc1[N+](=O)[O-]. The number of para-hydroxylation sites is 1. The third-order valence-electron chi connectivity index (χ3n) is 4.33. The van der Waals surface area contributed by atoms with Crippen LogP contribution in [0.2, 0.25) is 0 Å². The molecule has 0 spiro atoms. The molecule has 0 aliphatic heterocycles. The minimum Gasteiger partial charge on any atom is -0.471 e. The topological polar surface area (TPSA) is 126 Å². The Labute approximate surface area is 184 Å². The van der Waals surface area contributed by atoms with Gasteiger partial charge in [0.25, 0.3) is 5.56 Å². The van der Waals surface area contributed by atoms with Gasteiger partial charge in [-0.15, -0.1) is 0 Å². The Balaban J connectivity index is 2.10. The first kappa shape index (κ1) is 22.1. The highest BCUT2D eigenvalue weighted by atomic mass is 79.9. The molecule has 31 heavy (non-hydrogen) atoms. The first-order valence-corrected chi connectivity index (χ1v) is 9.77. The molecule has 0 bridgehead atoms. The molecule has 0 amide bonds. The van der Waals surface area contributed by atoms with Crippen molar-refractivity contribution >= 4 is 44.7 Å². The largest absolute Gasteiger partial charge is 0.471 e. The number of halogens is 1. The Hall–Kier alpha value is -3.60. The molecule has 11 heteroatoms. The van der Waals surface area contributed by atoms with Gasteiger partial charge in [-0.05, 0) is 38.1 Å². The van der Waals surface area contributed by atoms with Crippen LogP contribution < -0.4 is 10.3 Å². The molecule has 0 aliphatic carbocycles. The van der Waals surface area contributed by atoms with E-state index in [0.717, 1.165) is 4.68 Å². The van der Waals surface area contributed by atoms with Gasteiger partial charge in [0, 0.05) is 16.1 Å². The van der Waals surface area contributed by atoms with Crippen molar-refractivity contribution in [2.45, 2.75) is 20.0 Å². The van der Waals surface area contributed by atoms with E-state index in [-0.39, 0.29) is 17.0 Å². The van der Waals surface area contributed by atoms with Crippen LogP contribution in [0.15, 0.2) is 50.8 Å². The van der Waals surface area contributed by atoms with Gasteiger partial charge in [-0.2, -0.15) is 9.78 Å². The summed E-state index contributed by atoms with van der Waals surface area (Å²) in [5.74, 6) is -0.541. The zero-order valence-electron chi connectivity index (χ0n) is 16.7. The Kier molecular flexibility index (Phi) is 6.44. The van der Waals surface area contributed by atoms with Gasteiger partial charge in [0.2, 0.25) is 5.75 Å². The summed E-state index contributed by atoms with van der Waals surface area (Å²) in [5.41, 5.74) is -0.0470. The zero-order chi connectivity index (χ0) is 22.7. The fourth-order valence-electron chi connectivity index (χ4n) is 2.82. The number of esters is 1. The average Bonchev–Trinajstić information content (AvgIpc) is 2.74. The van der Waals surface area contributed by atoms with Crippen molar-refractivity contribution in [1.82, 2.24) is 9.66 Å². The fraction of sp³-hybridized carbons (Fsp3) is 0.200. The first-order chi connectivity index (χ1) is 14.7. The average molecular weight is 489 g/mol. The number of nitro benzene ring substituents is 1. The highest BCUT2D eigenvalue weighted by Gasteiger charge is 2.24. The molecule has 0 fully saturated rings. The Bertz CT molecular complexity index is 1270. The number of carbonyl (C=O) groups excluding carboxylic acids is 1. The normalized spacial score (nSPS) is 12.1. The Morgan fingerprint density at radius 2 is 2.10 bits per heavy atom. The van der Waals surface area contributed by atoms with E-state index in [2.05, 4.69) is 30.8 Å². The molecule has 3 rings (SSSR count). The third-order valence-corrected chi connectivity index (χ3v) is 4.82. The molecule has 160 valence electrons. The van der Waals surface area contributed by atoms with E-state index < -0.39 is 22.6 Å². The van der Waals surface area contributed by atoms with Crippen LogP contribution in [0.5, 0.6) is 5.75 Å². The number of benzene rings is 2. The standard InChI is InChI=1S/C20H17BrN4O6/c1-11(20(27)30-3)31-18-13(5-4-6-17(18)25(28)29)10-22-24-12(2)23-16-8-7-14(21)9-15(16)19(24)26/h4-11H,1-3H3/t11-/m1/s1. The van der Waals surface area contributed by atoms with Gasteiger partial charge in [-0.3, -0.25) is 14.9 Å². The van der Waals surface area contributed by atoms with Gasteiger partial charge in [0.1, 0.15) is 5.82 Å². The van der Waals surface area contributed by atoms with E-state index in [1.54, 1.807) is 25.1 Å². The minimum absolute atomic E-state index is 0.170. The van der Waals surface area contributed by atoms with Gasteiger partial charge in [0.15, 0.2) is 6.10 Å². The number of aromatic nitrogens is 2. The van der Waals surface area contributed by atoms with E-state index in [9.17, 15) is 19.7 Å². The van der Waals surface area contributed by atoms with E-state index in [1.165, 1.54) is 38.4 Å². The van der Waals surface area contributed by atoms with E-state index in [1.807, 2.05) is 0 Å². The molecule has 2 aromatic carbocycles. The quantitative estimate of drug-likeness (QED) is 0.225. The summed E-state index contributed by atoms with van der Waals surface area (Å²) in [5, 5.41) is 16.0. The Morgan fingerprint density at radius 1 is 1.35 bits per heavy atom. The number of hydrogen-bond acceptors (Lipinski definition) is 8. The molecule has 0 saturated carbocycles. The maximum atomic E-state index is 12.9. The second-order valence-corrected chi connectivity index (χ2v) is 7.33. The molecular weight excluding hydrogens is 472 g/mol. The highest BCUT2D eigenvalue weighted by Crippen LogP contribution is 2.31. The summed E-state index contributed by atoms with van der Waals surface area (Å²) in [4.78, 5) is 39.8. The van der Waals surface area contributed by atoms with Crippen molar-refractivity contribution < 1.29 is 19.2 Å². The van der Waals surface area contributed by atoms with Gasteiger partial charge >= 0.3 is 11.7 Å². The molecule has 0 N–H and O–H groups in total. The monoisotopic (exact) mass is 488 g/mol. The number of fused-ring (bicyclic) bond motifs is 1. The second kappa shape index (κ2) is 9.04. The number of carbonyl (C=O) groups is 1. The molecule has 1 heterocycles. The van der Waals surface area contributed by atoms with Crippen molar-refractivity contribution in [3.05, 3.63) is 72.7 Å².